The maximum atomic E-state index is 5.21. The number of nitrogens with zero attached hydrogens (tertiary/aromatic N) is 2. The summed E-state index contributed by atoms with van der Waals surface area (Å²) in [4.78, 5) is 10.2. The Morgan fingerprint density at radius 3 is 1.50 bits per heavy atom. The molecule has 0 N–H and O–H groups in total. The van der Waals surface area contributed by atoms with Crippen LogP contribution in [-0.4, -0.2) is 11.9 Å². The molecule has 2 aromatic carbocycles. The monoisotopic (exact) mass is 765 g/mol. The molecule has 0 amide bonds. The van der Waals surface area contributed by atoms with Gasteiger partial charge in [-0.2, -0.15) is 0 Å². The molecular formula is C54H88N2. The first-order valence-corrected chi connectivity index (χ1v) is 24.5. The topological polar surface area (TPSA) is 24.7 Å². The number of aliphatic imine (C=N–C) groups is 2. The first-order valence-electron chi connectivity index (χ1n) is 24.5. The fourth-order valence-corrected chi connectivity index (χ4v) is 7.76. The van der Waals surface area contributed by atoms with Crippen molar-refractivity contribution in [3.8, 4) is 11.8 Å². The first kappa shape index (κ1) is 49.5. The van der Waals surface area contributed by atoms with Crippen molar-refractivity contribution in [2.75, 3.05) is 0 Å². The summed E-state index contributed by atoms with van der Waals surface area (Å²) >= 11 is 0. The van der Waals surface area contributed by atoms with Crippen molar-refractivity contribution >= 4 is 23.3 Å². The van der Waals surface area contributed by atoms with Gasteiger partial charge in [0.15, 0.2) is 0 Å². The van der Waals surface area contributed by atoms with Crippen LogP contribution in [0.5, 0.6) is 0 Å². The van der Waals surface area contributed by atoms with Crippen molar-refractivity contribution in [2.45, 2.75) is 246 Å². The Hall–Kier alpha value is -2.66. The van der Waals surface area contributed by atoms with Crippen LogP contribution in [-0.2, 0) is 19.3 Å². The summed E-state index contributed by atoms with van der Waals surface area (Å²) in [5, 5.41) is 0. The highest BCUT2D eigenvalue weighted by Crippen LogP contribution is 2.24. The molecule has 0 aromatic heterocycles. The van der Waals surface area contributed by atoms with Gasteiger partial charge in [-0.25, -0.2) is 0 Å². The quantitative estimate of drug-likeness (QED) is 0.0375. The van der Waals surface area contributed by atoms with E-state index in [-0.39, 0.29) is 0 Å². The third-order valence-electron chi connectivity index (χ3n) is 11.5. The summed E-state index contributed by atoms with van der Waals surface area (Å²) in [7, 11) is 0. The van der Waals surface area contributed by atoms with Gasteiger partial charge in [-0.15, -0.1) is 11.8 Å². The molecular weight excluding hydrogens is 677 g/mol. The normalized spacial score (nSPS) is 11.8. The van der Waals surface area contributed by atoms with Crippen molar-refractivity contribution in [3.63, 3.8) is 0 Å². The second kappa shape index (κ2) is 36.7. The second-order valence-electron chi connectivity index (χ2n) is 16.8. The summed E-state index contributed by atoms with van der Waals surface area (Å²) in [6, 6.07) is 15.5. The predicted octanol–water partition coefficient (Wildman–Crippen LogP) is 18.0. The van der Waals surface area contributed by atoms with Crippen LogP contribution in [0.4, 0.5) is 11.4 Å². The lowest BCUT2D eigenvalue weighted by atomic mass is 9.97. The van der Waals surface area contributed by atoms with E-state index >= 15 is 0 Å². The molecule has 2 rings (SSSR count). The Morgan fingerprint density at radius 2 is 0.929 bits per heavy atom. The first-order chi connectivity index (χ1) is 27.7. The lowest BCUT2D eigenvalue weighted by Crippen LogP contribution is -2.01. The number of hydrogen-bond acceptors (Lipinski definition) is 2. The van der Waals surface area contributed by atoms with Crippen molar-refractivity contribution in [1.82, 2.24) is 0 Å². The highest BCUT2D eigenvalue weighted by Gasteiger charge is 2.06. The molecule has 0 spiro atoms. The van der Waals surface area contributed by atoms with E-state index in [9.17, 15) is 0 Å². The highest BCUT2D eigenvalue weighted by molar-refractivity contribution is 6.31. The van der Waals surface area contributed by atoms with Gasteiger partial charge in [0.1, 0.15) is 0 Å². The predicted molar refractivity (Wildman–Crippen MR) is 253 cm³/mol. The van der Waals surface area contributed by atoms with E-state index in [1.54, 1.807) is 0 Å². The smallest absolute Gasteiger partial charge is 0.0665 e. The van der Waals surface area contributed by atoms with Gasteiger partial charge < -0.3 is 0 Å². The lowest BCUT2D eigenvalue weighted by Gasteiger charge is -2.10. The van der Waals surface area contributed by atoms with Gasteiger partial charge >= 0.3 is 0 Å². The van der Waals surface area contributed by atoms with Crippen LogP contribution in [0, 0.1) is 11.8 Å². The van der Waals surface area contributed by atoms with Gasteiger partial charge in [-0.1, -0.05) is 206 Å². The molecule has 56 heavy (non-hydrogen) atoms. The molecule has 0 fully saturated rings. The number of unbranched alkanes of at least 4 members (excludes halogenated alkanes) is 25. The van der Waals surface area contributed by atoms with Gasteiger partial charge in [0, 0.05) is 19.1 Å². The minimum atomic E-state index is 0.899. The second-order valence-corrected chi connectivity index (χ2v) is 16.8. The van der Waals surface area contributed by atoms with E-state index in [1.165, 1.54) is 196 Å². The minimum Gasteiger partial charge on any atom is -0.255 e. The summed E-state index contributed by atoms with van der Waals surface area (Å²) < 4.78 is 0. The van der Waals surface area contributed by atoms with Gasteiger partial charge in [0.05, 0.1) is 17.1 Å². The summed E-state index contributed by atoms with van der Waals surface area (Å²) in [6.45, 7) is 9.13. The molecule has 0 saturated carbocycles. The van der Waals surface area contributed by atoms with Crippen LogP contribution in [0.1, 0.15) is 243 Å². The molecule has 2 aromatic rings. The Bertz CT molecular complexity index is 1320. The minimum absolute atomic E-state index is 0.899. The van der Waals surface area contributed by atoms with Crippen LogP contribution in [0.15, 0.2) is 52.4 Å². The van der Waals surface area contributed by atoms with Crippen molar-refractivity contribution in [1.29, 1.82) is 0 Å². The maximum Gasteiger partial charge on any atom is 0.0665 e. The van der Waals surface area contributed by atoms with E-state index in [2.05, 4.69) is 82.0 Å². The van der Waals surface area contributed by atoms with E-state index in [0.29, 0.717) is 0 Å². The number of hydrogen-bond donors (Lipinski definition) is 0. The summed E-state index contributed by atoms with van der Waals surface area (Å²) in [5.74, 6) is 6.95. The molecule has 0 aliphatic carbocycles. The SMILES string of the molecule is CCCCCCCCCCCCCCCCCCCCCCCC#CCCc1ccccc1N=C(C=Nc1ccc(CCCC)c(CCCC)c1)CCCCC. The van der Waals surface area contributed by atoms with Gasteiger partial charge in [-0.3, -0.25) is 9.98 Å². The largest absolute Gasteiger partial charge is 0.255 e. The third kappa shape index (κ3) is 26.3. The average molecular weight is 765 g/mol. The van der Waals surface area contributed by atoms with Crippen LogP contribution in [0.25, 0.3) is 0 Å². The zero-order valence-corrected chi connectivity index (χ0v) is 37.6. The van der Waals surface area contributed by atoms with Crippen LogP contribution < -0.4 is 0 Å². The molecule has 0 atom stereocenters. The zero-order valence-electron chi connectivity index (χ0n) is 37.6. The van der Waals surface area contributed by atoms with E-state index in [1.807, 2.05) is 6.21 Å². The maximum absolute atomic E-state index is 5.21. The van der Waals surface area contributed by atoms with Crippen molar-refractivity contribution < 1.29 is 0 Å². The fraction of sp³-hybridized carbons (Fsp3) is 0.704. The van der Waals surface area contributed by atoms with Crippen LogP contribution >= 0.6 is 0 Å². The lowest BCUT2D eigenvalue weighted by molar-refractivity contribution is 0.520. The molecule has 314 valence electrons. The molecule has 0 heterocycles. The van der Waals surface area contributed by atoms with Crippen LogP contribution in [0.3, 0.4) is 0 Å². The standard InChI is InChI=1S/C54H88N2/c1-5-9-13-14-15-16-17-18-19-20-21-22-23-24-25-26-27-28-29-30-31-32-33-34-36-41-50-42-37-38-44-54(50)56-53(43-35-10-6-2)48-55-52-46-45-49(39-11-7-3)51(47-52)40-12-8-4/h37-38,42,44-48H,5-32,35-36,39-41,43H2,1-4H3. The molecule has 2 nitrogen and oxygen atoms in total. The molecule has 0 bridgehead atoms. The number of benzene rings is 2. The van der Waals surface area contributed by atoms with E-state index in [4.69, 9.17) is 9.98 Å². The van der Waals surface area contributed by atoms with Gasteiger partial charge in [0.25, 0.3) is 0 Å². The van der Waals surface area contributed by atoms with Crippen molar-refractivity contribution in [2.24, 2.45) is 9.98 Å². The van der Waals surface area contributed by atoms with E-state index < -0.39 is 0 Å². The van der Waals surface area contributed by atoms with Crippen LogP contribution in [0.2, 0.25) is 0 Å². The molecule has 0 aliphatic rings. The molecule has 0 unspecified atom stereocenters. The number of aryl methyl sites for hydroxylation is 3. The highest BCUT2D eigenvalue weighted by atomic mass is 14.8. The molecule has 0 saturated heterocycles. The number of rotatable bonds is 36. The van der Waals surface area contributed by atoms with Crippen molar-refractivity contribution in [3.05, 3.63) is 59.2 Å². The number of para-hydroxylation sites is 1. The molecule has 2 heteroatoms. The fourth-order valence-electron chi connectivity index (χ4n) is 7.76. The Kier molecular flexibility index (Phi) is 32.4. The van der Waals surface area contributed by atoms with Gasteiger partial charge in [-0.05, 0) is 86.3 Å². The third-order valence-corrected chi connectivity index (χ3v) is 11.5. The summed E-state index contributed by atoms with van der Waals surface area (Å²) in [5.41, 5.74) is 7.49. The zero-order chi connectivity index (χ0) is 40.0. The molecule has 0 radical (unpaired) electrons. The van der Waals surface area contributed by atoms with E-state index in [0.717, 1.165) is 55.6 Å². The molecule has 0 aliphatic heterocycles. The summed E-state index contributed by atoms with van der Waals surface area (Å²) in [6.07, 6.45) is 46.7. The Balaban J connectivity index is 1.65. The van der Waals surface area contributed by atoms with Gasteiger partial charge in [0.2, 0.25) is 0 Å². The average Bonchev–Trinajstić information content (AvgIpc) is 3.22. The Labute approximate surface area is 349 Å². The Morgan fingerprint density at radius 1 is 0.446 bits per heavy atom.